The third-order valence-corrected chi connectivity index (χ3v) is 4.99. The molecule has 0 radical (unpaired) electrons. The van der Waals surface area contributed by atoms with Crippen LogP contribution >= 0.6 is 0 Å². The van der Waals surface area contributed by atoms with E-state index in [0.717, 1.165) is 6.42 Å². The maximum absolute atomic E-state index is 13.1. The van der Waals surface area contributed by atoms with Crippen molar-refractivity contribution in [1.82, 2.24) is 24.6 Å². The maximum atomic E-state index is 13.1. The van der Waals surface area contributed by atoms with Crippen molar-refractivity contribution < 1.29 is 4.79 Å². The van der Waals surface area contributed by atoms with E-state index in [1.165, 1.54) is 16.8 Å². The maximum Gasteiger partial charge on any atom is 0.274 e. The van der Waals surface area contributed by atoms with Crippen molar-refractivity contribution in [1.29, 1.82) is 0 Å². The molecule has 1 aliphatic heterocycles. The first-order valence-corrected chi connectivity index (χ1v) is 9.35. The number of aromatic nitrogens is 4. The lowest BCUT2D eigenvalue weighted by Crippen LogP contribution is -2.35. The van der Waals surface area contributed by atoms with Crippen LogP contribution in [-0.4, -0.2) is 37.1 Å². The van der Waals surface area contributed by atoms with Gasteiger partial charge in [0.1, 0.15) is 11.5 Å². The Labute approximate surface area is 160 Å². The van der Waals surface area contributed by atoms with Crippen LogP contribution in [0.25, 0.3) is 10.9 Å². The van der Waals surface area contributed by atoms with Gasteiger partial charge in [-0.2, -0.15) is 5.10 Å². The molecule has 0 bridgehead atoms. The van der Waals surface area contributed by atoms with Gasteiger partial charge in [-0.15, -0.1) is 0 Å². The smallest absolute Gasteiger partial charge is 0.274 e. The normalized spacial score (nSPS) is 16.8. The van der Waals surface area contributed by atoms with Crippen molar-refractivity contribution in [3.05, 3.63) is 68.6 Å². The van der Waals surface area contributed by atoms with E-state index in [9.17, 15) is 14.4 Å². The summed E-state index contributed by atoms with van der Waals surface area (Å²) in [6, 6.07) is 9.47. The summed E-state index contributed by atoms with van der Waals surface area (Å²) < 4.78 is 1.30. The molecule has 1 fully saturated rings. The van der Waals surface area contributed by atoms with Gasteiger partial charge in [-0.3, -0.25) is 14.4 Å². The Morgan fingerprint density at radius 2 is 1.96 bits per heavy atom. The van der Waals surface area contributed by atoms with Gasteiger partial charge < -0.3 is 9.88 Å². The predicted molar refractivity (Wildman–Crippen MR) is 104 cm³/mol. The molecule has 8 nitrogen and oxygen atoms in total. The molecule has 28 heavy (non-hydrogen) atoms. The molecule has 1 N–H and O–H groups in total. The number of fused-ring (bicyclic) bond motifs is 1. The average molecular weight is 379 g/mol. The monoisotopic (exact) mass is 379 g/mol. The average Bonchev–Trinajstić information content (AvgIpc) is 3.17. The van der Waals surface area contributed by atoms with E-state index in [1.54, 1.807) is 23.1 Å². The van der Waals surface area contributed by atoms with E-state index >= 15 is 0 Å². The highest BCUT2D eigenvalue weighted by molar-refractivity contribution is 5.92. The topological polar surface area (TPSA) is 101 Å². The number of nitrogens with zero attached hydrogens (tertiary/aromatic N) is 4. The van der Waals surface area contributed by atoms with Crippen LogP contribution in [0.4, 0.5) is 0 Å². The number of para-hydroxylation sites is 1. The molecule has 1 aromatic carbocycles. The van der Waals surface area contributed by atoms with Crippen molar-refractivity contribution in [2.75, 3.05) is 6.54 Å². The number of hydrogen-bond acceptors (Lipinski definition) is 5. The minimum atomic E-state index is -0.328. The lowest BCUT2D eigenvalue weighted by atomic mass is 10.1. The number of amides is 1. The van der Waals surface area contributed by atoms with E-state index in [0.29, 0.717) is 29.7 Å². The number of carbonyl (C=O) groups is 1. The molecule has 1 aliphatic rings. The van der Waals surface area contributed by atoms with Gasteiger partial charge in [0.25, 0.3) is 17.0 Å². The Balaban J connectivity index is 1.71. The molecule has 0 spiro atoms. The summed E-state index contributed by atoms with van der Waals surface area (Å²) in [5.41, 5.74) is 0.354. The fraction of sp³-hybridized carbons (Fsp3) is 0.350. The quantitative estimate of drug-likeness (QED) is 0.750. The Bertz CT molecular complexity index is 1160. The molecular formula is C20H21N5O3. The van der Waals surface area contributed by atoms with Crippen LogP contribution in [0.5, 0.6) is 0 Å². The van der Waals surface area contributed by atoms with Crippen LogP contribution in [0.2, 0.25) is 0 Å². The number of H-pyrrole nitrogens is 1. The van der Waals surface area contributed by atoms with E-state index in [1.807, 2.05) is 19.9 Å². The summed E-state index contributed by atoms with van der Waals surface area (Å²) in [5.74, 6) is 0.208. The zero-order valence-corrected chi connectivity index (χ0v) is 15.8. The Kier molecular flexibility index (Phi) is 4.54. The number of aromatic amines is 1. The summed E-state index contributed by atoms with van der Waals surface area (Å²) in [6.45, 7) is 4.22. The number of rotatable bonds is 3. The van der Waals surface area contributed by atoms with Crippen LogP contribution in [0.15, 0.2) is 46.0 Å². The molecule has 2 aromatic heterocycles. The second-order valence-electron chi connectivity index (χ2n) is 7.22. The number of carbonyl (C=O) groups excluding carboxylic acids is 1. The molecule has 3 aromatic rings. The fourth-order valence-corrected chi connectivity index (χ4v) is 3.61. The number of nitrogens with one attached hydrogen (secondary N) is 1. The number of benzene rings is 1. The van der Waals surface area contributed by atoms with Crippen molar-refractivity contribution in [2.24, 2.45) is 0 Å². The third kappa shape index (κ3) is 3.11. The minimum Gasteiger partial charge on any atom is -0.327 e. The van der Waals surface area contributed by atoms with Gasteiger partial charge in [0.05, 0.1) is 23.0 Å². The minimum absolute atomic E-state index is 0.145. The van der Waals surface area contributed by atoms with Gasteiger partial charge in [0.15, 0.2) is 0 Å². The van der Waals surface area contributed by atoms with Crippen molar-refractivity contribution in [3.8, 4) is 0 Å². The molecule has 1 saturated heterocycles. The molecule has 4 rings (SSSR count). The largest absolute Gasteiger partial charge is 0.327 e. The second-order valence-corrected chi connectivity index (χ2v) is 7.22. The van der Waals surface area contributed by atoms with Gasteiger partial charge >= 0.3 is 0 Å². The second kappa shape index (κ2) is 7.03. The highest BCUT2D eigenvalue weighted by atomic mass is 16.2. The third-order valence-electron chi connectivity index (χ3n) is 4.99. The number of likely N-dealkylation sites (tertiary alicyclic amines) is 1. The molecular weight excluding hydrogens is 358 g/mol. The summed E-state index contributed by atoms with van der Waals surface area (Å²) in [5, 5.41) is 4.75. The SMILES string of the molecule is CC(C)n1nc(C(=O)N2CCCC2c2nc3ccccc3c(=O)[nH]2)ccc1=O. The first kappa shape index (κ1) is 18.1. The van der Waals surface area contributed by atoms with Crippen molar-refractivity contribution >= 4 is 16.8 Å². The fourth-order valence-electron chi connectivity index (χ4n) is 3.61. The van der Waals surface area contributed by atoms with Crippen LogP contribution in [0.3, 0.4) is 0 Å². The van der Waals surface area contributed by atoms with Gasteiger partial charge in [0.2, 0.25) is 0 Å². The first-order valence-electron chi connectivity index (χ1n) is 9.35. The van der Waals surface area contributed by atoms with Gasteiger partial charge in [0, 0.05) is 12.6 Å². The molecule has 0 aliphatic carbocycles. The first-order chi connectivity index (χ1) is 13.5. The molecule has 144 valence electrons. The van der Waals surface area contributed by atoms with E-state index in [4.69, 9.17) is 0 Å². The van der Waals surface area contributed by atoms with Crippen molar-refractivity contribution in [3.63, 3.8) is 0 Å². The van der Waals surface area contributed by atoms with E-state index < -0.39 is 0 Å². The Hall–Kier alpha value is -3.29. The molecule has 1 unspecified atom stereocenters. The highest BCUT2D eigenvalue weighted by Crippen LogP contribution is 2.31. The van der Waals surface area contributed by atoms with Crippen LogP contribution in [0, 0.1) is 0 Å². The Morgan fingerprint density at radius 1 is 1.18 bits per heavy atom. The highest BCUT2D eigenvalue weighted by Gasteiger charge is 2.33. The molecule has 3 heterocycles. The standard InChI is InChI=1S/C20H21N5O3/c1-12(2)25-17(26)10-9-15(23-25)20(28)24-11-5-8-16(24)18-21-14-7-4-3-6-13(14)19(27)22-18/h3-4,6-7,9-10,12,16H,5,8,11H2,1-2H3,(H,21,22,27). The van der Waals surface area contributed by atoms with Gasteiger partial charge in [-0.25, -0.2) is 9.67 Å². The number of hydrogen-bond donors (Lipinski definition) is 1. The molecule has 1 amide bonds. The lowest BCUT2D eigenvalue weighted by molar-refractivity contribution is 0.0720. The van der Waals surface area contributed by atoms with Crippen molar-refractivity contribution in [2.45, 2.75) is 38.8 Å². The summed E-state index contributed by atoms with van der Waals surface area (Å²) in [4.78, 5) is 46.5. The summed E-state index contributed by atoms with van der Waals surface area (Å²) in [7, 11) is 0. The Morgan fingerprint density at radius 3 is 2.75 bits per heavy atom. The summed E-state index contributed by atoms with van der Waals surface area (Å²) >= 11 is 0. The van der Waals surface area contributed by atoms with Crippen LogP contribution in [-0.2, 0) is 0 Å². The summed E-state index contributed by atoms with van der Waals surface area (Å²) in [6.07, 6.45) is 1.51. The van der Waals surface area contributed by atoms with E-state index in [2.05, 4.69) is 15.1 Å². The van der Waals surface area contributed by atoms with E-state index in [-0.39, 0.29) is 34.8 Å². The lowest BCUT2D eigenvalue weighted by Gasteiger charge is -2.24. The van der Waals surface area contributed by atoms with Gasteiger partial charge in [-0.1, -0.05) is 12.1 Å². The van der Waals surface area contributed by atoms with Crippen LogP contribution in [0.1, 0.15) is 55.1 Å². The van der Waals surface area contributed by atoms with Crippen LogP contribution < -0.4 is 11.1 Å². The zero-order chi connectivity index (χ0) is 19.8. The zero-order valence-electron chi connectivity index (χ0n) is 15.8. The molecule has 0 saturated carbocycles. The van der Waals surface area contributed by atoms with Gasteiger partial charge in [-0.05, 0) is 44.9 Å². The molecule has 8 heteroatoms. The predicted octanol–water partition coefficient (Wildman–Crippen LogP) is 2.04. The molecule has 1 atom stereocenters.